The van der Waals surface area contributed by atoms with Gasteiger partial charge in [-0.3, -0.25) is 14.4 Å². The zero-order chi connectivity index (χ0) is 21.3. The molecule has 30 heavy (non-hydrogen) atoms. The van der Waals surface area contributed by atoms with E-state index in [1.807, 2.05) is 0 Å². The van der Waals surface area contributed by atoms with Crippen LogP contribution in [0.25, 0.3) is 0 Å². The first-order valence-corrected chi connectivity index (χ1v) is 11.0. The van der Waals surface area contributed by atoms with E-state index in [1.54, 1.807) is 23.1 Å². The van der Waals surface area contributed by atoms with Crippen LogP contribution in [0.15, 0.2) is 47.4 Å². The van der Waals surface area contributed by atoms with Gasteiger partial charge in [-0.1, -0.05) is 6.07 Å². The summed E-state index contributed by atoms with van der Waals surface area (Å²) in [5.74, 6) is -0.539. The van der Waals surface area contributed by atoms with Gasteiger partial charge in [0, 0.05) is 31.4 Å². The maximum Gasteiger partial charge on any atom is 0.255 e. The Morgan fingerprint density at radius 3 is 2.57 bits per heavy atom. The maximum atomic E-state index is 13.1. The Bertz CT molecular complexity index is 995. The molecular weight excluding hydrogens is 407 g/mol. The molecule has 1 fully saturated rings. The number of amides is 1. The van der Waals surface area contributed by atoms with Crippen molar-refractivity contribution >= 4 is 34.5 Å². The van der Waals surface area contributed by atoms with Crippen LogP contribution in [-0.4, -0.2) is 33.0 Å². The molecule has 2 atom stereocenters. The van der Waals surface area contributed by atoms with Gasteiger partial charge in [0.2, 0.25) is 0 Å². The number of Topliss-reactive ketones (excluding diaryl/α,β-unsaturated/α-hetero) is 2. The van der Waals surface area contributed by atoms with Crippen LogP contribution in [0.5, 0.6) is 0 Å². The molecule has 156 valence electrons. The molecule has 1 aliphatic heterocycles. The molecule has 0 radical (unpaired) electrons. The highest BCUT2D eigenvalue weighted by atomic mass is 32.2. The van der Waals surface area contributed by atoms with Gasteiger partial charge in [-0.25, -0.2) is 9.11 Å². The van der Waals surface area contributed by atoms with Crippen molar-refractivity contribution in [3.8, 4) is 0 Å². The monoisotopic (exact) mass is 428 g/mol. The van der Waals surface area contributed by atoms with Gasteiger partial charge in [0.15, 0.2) is 10.7 Å². The molecule has 6 nitrogen and oxygen atoms in total. The van der Waals surface area contributed by atoms with Crippen LogP contribution >= 0.6 is 0 Å². The second-order valence-corrected chi connectivity index (χ2v) is 8.76. The third kappa shape index (κ3) is 4.24. The van der Waals surface area contributed by atoms with E-state index in [1.165, 1.54) is 24.3 Å². The number of nitrogens with one attached hydrogen (secondary N) is 1. The second kappa shape index (κ2) is 8.57. The zero-order valence-corrected chi connectivity index (χ0v) is 17.0. The topological polar surface area (TPSA) is 89.5 Å². The van der Waals surface area contributed by atoms with E-state index in [0.717, 1.165) is 5.56 Å². The van der Waals surface area contributed by atoms with Crippen LogP contribution in [0.1, 0.15) is 48.0 Å². The fourth-order valence-corrected chi connectivity index (χ4v) is 4.74. The highest BCUT2D eigenvalue weighted by molar-refractivity contribution is 7.92. The molecule has 2 aliphatic rings. The molecular formula is C22H21FN2O4S. The van der Waals surface area contributed by atoms with Gasteiger partial charge in [-0.2, -0.15) is 0 Å². The summed E-state index contributed by atoms with van der Waals surface area (Å²) in [5.41, 5.74) is 1.74. The lowest BCUT2D eigenvalue weighted by Crippen LogP contribution is -2.42. The number of anilines is 1. The minimum Gasteiger partial charge on any atom is -0.588 e. The number of rotatable bonds is 4. The molecule has 2 unspecified atom stereocenters. The molecule has 1 heterocycles. The normalized spacial score (nSPS) is 20.5. The number of nitrogens with zero attached hydrogens (tertiary/aromatic N) is 1. The summed E-state index contributed by atoms with van der Waals surface area (Å²) in [4.78, 5) is 39.3. The minimum absolute atomic E-state index is 0.000539. The van der Waals surface area contributed by atoms with Gasteiger partial charge in [0.25, 0.3) is 5.91 Å². The number of hydrogen-bond acceptors (Lipinski definition) is 5. The van der Waals surface area contributed by atoms with Crippen LogP contribution in [0.2, 0.25) is 0 Å². The second-order valence-electron chi connectivity index (χ2n) is 7.54. The van der Waals surface area contributed by atoms with Crippen LogP contribution in [0.3, 0.4) is 0 Å². The fourth-order valence-electron chi connectivity index (χ4n) is 3.90. The summed E-state index contributed by atoms with van der Waals surface area (Å²) >= 11 is -1.61. The molecule has 1 saturated carbocycles. The van der Waals surface area contributed by atoms with E-state index in [-0.39, 0.29) is 17.5 Å². The summed E-state index contributed by atoms with van der Waals surface area (Å²) in [7, 11) is 0. The summed E-state index contributed by atoms with van der Waals surface area (Å²) in [6.45, 7) is 0.320. The van der Waals surface area contributed by atoms with Crippen molar-refractivity contribution in [1.82, 2.24) is 4.90 Å². The third-order valence-corrected chi connectivity index (χ3v) is 6.62. The lowest BCUT2D eigenvalue weighted by Gasteiger charge is -2.27. The number of benzene rings is 2. The standard InChI is InChI=1S/C22H21FN2O4S/c23-15-5-9-18(10-6-15)30(29)24-16-7-4-14-13-25(22(28)19(14)12-16)20-11-8-17(26)2-1-3-21(20)27/h4-7,9-10,12,20,24H,1-3,8,11,13H2. The zero-order valence-electron chi connectivity index (χ0n) is 16.2. The molecule has 0 saturated heterocycles. The van der Waals surface area contributed by atoms with Crippen LogP contribution in [-0.2, 0) is 27.5 Å². The Morgan fingerprint density at radius 1 is 1.03 bits per heavy atom. The molecule has 0 spiro atoms. The third-order valence-electron chi connectivity index (χ3n) is 5.50. The summed E-state index contributed by atoms with van der Waals surface area (Å²) < 4.78 is 28.3. The van der Waals surface area contributed by atoms with E-state index in [0.29, 0.717) is 54.8 Å². The maximum absolute atomic E-state index is 13.1. The van der Waals surface area contributed by atoms with Crippen molar-refractivity contribution in [1.29, 1.82) is 0 Å². The predicted octanol–water partition coefficient (Wildman–Crippen LogP) is 3.39. The Balaban J connectivity index is 1.50. The lowest BCUT2D eigenvalue weighted by atomic mass is 9.94. The number of hydrogen-bond donors (Lipinski definition) is 1. The number of carbonyl (C=O) groups is 3. The molecule has 4 rings (SSSR count). The van der Waals surface area contributed by atoms with Gasteiger partial charge in [0.1, 0.15) is 23.0 Å². The highest BCUT2D eigenvalue weighted by Gasteiger charge is 2.37. The molecule has 1 aliphatic carbocycles. The smallest absolute Gasteiger partial charge is 0.255 e. The van der Waals surface area contributed by atoms with E-state index in [9.17, 15) is 23.3 Å². The first-order chi connectivity index (χ1) is 14.4. The van der Waals surface area contributed by atoms with Gasteiger partial charge >= 0.3 is 0 Å². The number of halogens is 1. The molecule has 8 heteroatoms. The molecule has 2 aromatic carbocycles. The molecule has 1 N–H and O–H groups in total. The predicted molar refractivity (Wildman–Crippen MR) is 110 cm³/mol. The quantitative estimate of drug-likeness (QED) is 0.754. The Hall–Kier alpha value is -2.71. The fraction of sp³-hybridized carbons (Fsp3) is 0.318. The van der Waals surface area contributed by atoms with Crippen LogP contribution in [0.4, 0.5) is 10.1 Å². The Labute approximate surface area is 176 Å². The number of carbonyl (C=O) groups excluding carboxylic acids is 3. The first kappa shape index (κ1) is 20.6. The molecule has 0 aromatic heterocycles. The SMILES string of the molecule is O=C1CCCC(=O)C(N2Cc3ccc(N[S+]([O-])c4ccc(F)cc4)cc3C2=O)CC1. The highest BCUT2D eigenvalue weighted by Crippen LogP contribution is 2.31. The van der Waals surface area contributed by atoms with Crippen molar-refractivity contribution in [3.05, 3.63) is 59.4 Å². The molecule has 1 amide bonds. The summed E-state index contributed by atoms with van der Waals surface area (Å²) in [5, 5.41) is 0. The lowest BCUT2D eigenvalue weighted by molar-refractivity contribution is -0.126. The van der Waals surface area contributed by atoms with E-state index in [2.05, 4.69) is 4.72 Å². The van der Waals surface area contributed by atoms with E-state index in [4.69, 9.17) is 0 Å². The van der Waals surface area contributed by atoms with Crippen molar-refractivity contribution in [2.75, 3.05) is 4.72 Å². The Kier molecular flexibility index (Phi) is 5.87. The average molecular weight is 428 g/mol. The first-order valence-electron chi connectivity index (χ1n) is 9.84. The van der Waals surface area contributed by atoms with Gasteiger partial charge in [0.05, 0.1) is 11.7 Å². The van der Waals surface area contributed by atoms with Crippen molar-refractivity contribution in [3.63, 3.8) is 0 Å². The van der Waals surface area contributed by atoms with E-state index >= 15 is 0 Å². The molecule has 0 bridgehead atoms. The Morgan fingerprint density at radius 2 is 1.80 bits per heavy atom. The van der Waals surface area contributed by atoms with Gasteiger partial charge in [-0.05, 0) is 54.8 Å². The van der Waals surface area contributed by atoms with Crippen LogP contribution < -0.4 is 4.72 Å². The average Bonchev–Trinajstić information content (AvgIpc) is 3.03. The number of ketones is 2. The van der Waals surface area contributed by atoms with Gasteiger partial charge in [-0.15, -0.1) is 0 Å². The number of fused-ring (bicyclic) bond motifs is 1. The van der Waals surface area contributed by atoms with E-state index < -0.39 is 23.2 Å². The summed E-state index contributed by atoms with van der Waals surface area (Å²) in [6, 6.07) is 9.86. The van der Waals surface area contributed by atoms with Gasteiger partial charge < -0.3 is 9.45 Å². The van der Waals surface area contributed by atoms with Crippen molar-refractivity contribution < 1.29 is 23.3 Å². The molecule has 2 aromatic rings. The minimum atomic E-state index is -1.61. The van der Waals surface area contributed by atoms with Crippen molar-refractivity contribution in [2.24, 2.45) is 0 Å². The van der Waals surface area contributed by atoms with Crippen LogP contribution in [0, 0.1) is 5.82 Å². The largest absolute Gasteiger partial charge is 0.588 e. The summed E-state index contributed by atoms with van der Waals surface area (Å²) in [6.07, 6.45) is 1.93. The van der Waals surface area contributed by atoms with Crippen molar-refractivity contribution in [2.45, 2.75) is 49.6 Å².